The third-order valence-corrected chi connectivity index (χ3v) is 4.98. The number of nitrogens with one attached hydrogen (secondary N) is 3. The second-order valence-electron chi connectivity index (χ2n) is 7.25. The van der Waals surface area contributed by atoms with E-state index in [1.165, 1.54) is 12.3 Å². The molecule has 0 aromatic carbocycles. The average Bonchev–Trinajstić information content (AvgIpc) is 3.30. The first-order valence-electron chi connectivity index (χ1n) is 9.70. The van der Waals surface area contributed by atoms with Crippen molar-refractivity contribution in [3.05, 3.63) is 68.4 Å². The van der Waals surface area contributed by atoms with Gasteiger partial charge in [0.25, 0.3) is 5.56 Å². The Morgan fingerprint density at radius 2 is 1.97 bits per heavy atom. The lowest BCUT2D eigenvalue weighted by Gasteiger charge is -2.25. The van der Waals surface area contributed by atoms with Crippen molar-refractivity contribution in [3.8, 4) is 0 Å². The summed E-state index contributed by atoms with van der Waals surface area (Å²) in [6.45, 7) is 2.88. The lowest BCUT2D eigenvalue weighted by Crippen LogP contribution is -2.30. The molecule has 3 aromatic rings. The molecule has 0 fully saturated rings. The first kappa shape index (κ1) is 20.7. The fourth-order valence-corrected chi connectivity index (χ4v) is 3.48. The molecule has 0 bridgehead atoms. The van der Waals surface area contributed by atoms with Crippen LogP contribution in [0.25, 0.3) is 0 Å². The van der Waals surface area contributed by atoms with Gasteiger partial charge in [-0.1, -0.05) is 19.4 Å². The number of aromatic nitrogens is 5. The normalized spacial score (nSPS) is 15.7. The van der Waals surface area contributed by atoms with E-state index in [-0.39, 0.29) is 12.2 Å². The number of rotatable bonds is 6. The molecule has 31 heavy (non-hydrogen) atoms. The van der Waals surface area contributed by atoms with Crippen LogP contribution in [0.4, 0.5) is 24.7 Å². The number of hydrogen-bond donors (Lipinski definition) is 3. The highest BCUT2D eigenvalue weighted by molar-refractivity contribution is 5.71. The molecule has 9 nitrogen and oxygen atoms in total. The van der Waals surface area contributed by atoms with E-state index >= 15 is 0 Å². The highest BCUT2D eigenvalue weighted by atomic mass is 19.4. The largest absolute Gasteiger partial charge is 0.433 e. The standard InChI is InChI=1S/C19H20F3N7O2/c1-2-3-6-29-15(25-14-16(29)26-18(31)27-17(14)30)12-8-24-28(10-12)9-11-4-5-13(23-7-11)19(20,21)22/h4-5,7-8,10,15,25H,2-3,6,9H2,1H3,(H2,26,27,30,31). The Morgan fingerprint density at radius 1 is 1.16 bits per heavy atom. The van der Waals surface area contributed by atoms with Gasteiger partial charge in [-0.15, -0.1) is 0 Å². The van der Waals surface area contributed by atoms with Gasteiger partial charge in [0.15, 0.2) is 0 Å². The van der Waals surface area contributed by atoms with Crippen LogP contribution in [0.5, 0.6) is 0 Å². The number of halogens is 3. The third kappa shape index (κ3) is 4.18. The maximum absolute atomic E-state index is 12.7. The van der Waals surface area contributed by atoms with Crippen LogP contribution in [0.1, 0.15) is 42.8 Å². The molecular weight excluding hydrogens is 415 g/mol. The van der Waals surface area contributed by atoms with Crippen molar-refractivity contribution in [1.82, 2.24) is 24.7 Å². The van der Waals surface area contributed by atoms with Crippen molar-refractivity contribution in [3.63, 3.8) is 0 Å². The monoisotopic (exact) mass is 435 g/mol. The first-order valence-corrected chi connectivity index (χ1v) is 9.70. The topological polar surface area (TPSA) is 112 Å². The molecule has 1 atom stereocenters. The fourth-order valence-electron chi connectivity index (χ4n) is 3.48. The molecule has 3 aromatic heterocycles. The third-order valence-electron chi connectivity index (χ3n) is 4.98. The minimum absolute atomic E-state index is 0.233. The summed E-state index contributed by atoms with van der Waals surface area (Å²) in [6, 6.07) is 2.29. The summed E-state index contributed by atoms with van der Waals surface area (Å²) in [7, 11) is 0. The average molecular weight is 435 g/mol. The van der Waals surface area contributed by atoms with Gasteiger partial charge in [-0.3, -0.25) is 24.4 Å². The highest BCUT2D eigenvalue weighted by Crippen LogP contribution is 2.36. The Labute approximate surface area is 173 Å². The van der Waals surface area contributed by atoms with Crippen molar-refractivity contribution >= 4 is 11.5 Å². The summed E-state index contributed by atoms with van der Waals surface area (Å²) < 4.78 is 39.6. The number of fused-ring (bicyclic) bond motifs is 1. The van der Waals surface area contributed by atoms with Crippen LogP contribution in [0, 0.1) is 0 Å². The fraction of sp³-hybridized carbons (Fsp3) is 0.368. The molecule has 164 valence electrons. The molecule has 0 saturated carbocycles. The van der Waals surface area contributed by atoms with Crippen molar-refractivity contribution in [1.29, 1.82) is 0 Å². The zero-order valence-electron chi connectivity index (χ0n) is 16.5. The number of nitrogens with zero attached hydrogens (tertiary/aromatic N) is 4. The number of pyridine rings is 1. The summed E-state index contributed by atoms with van der Waals surface area (Å²) >= 11 is 0. The maximum atomic E-state index is 12.7. The molecule has 1 unspecified atom stereocenters. The Hall–Kier alpha value is -3.57. The minimum Gasteiger partial charge on any atom is -0.354 e. The molecule has 4 heterocycles. The van der Waals surface area contributed by atoms with Gasteiger partial charge in [-0.25, -0.2) is 4.79 Å². The first-order chi connectivity index (χ1) is 14.8. The van der Waals surface area contributed by atoms with Gasteiger partial charge in [0, 0.05) is 24.5 Å². The molecule has 3 N–H and O–H groups in total. The van der Waals surface area contributed by atoms with Gasteiger partial charge in [0.05, 0.1) is 12.7 Å². The van der Waals surface area contributed by atoms with Crippen molar-refractivity contribution in [2.45, 2.75) is 38.7 Å². The zero-order chi connectivity index (χ0) is 22.2. The lowest BCUT2D eigenvalue weighted by molar-refractivity contribution is -0.141. The van der Waals surface area contributed by atoms with Crippen molar-refractivity contribution < 1.29 is 13.2 Å². The highest BCUT2D eigenvalue weighted by Gasteiger charge is 2.34. The van der Waals surface area contributed by atoms with E-state index in [4.69, 9.17) is 0 Å². The quantitative estimate of drug-likeness (QED) is 0.549. The lowest BCUT2D eigenvalue weighted by atomic mass is 10.2. The van der Waals surface area contributed by atoms with Crippen molar-refractivity contribution in [2.24, 2.45) is 0 Å². The van der Waals surface area contributed by atoms with E-state index in [0.717, 1.165) is 24.5 Å². The summed E-state index contributed by atoms with van der Waals surface area (Å²) in [5, 5.41) is 7.41. The molecule has 12 heteroatoms. The van der Waals surface area contributed by atoms with E-state index in [9.17, 15) is 22.8 Å². The van der Waals surface area contributed by atoms with E-state index in [0.29, 0.717) is 17.9 Å². The number of alkyl halides is 3. The number of aromatic amines is 2. The van der Waals surface area contributed by atoms with E-state index in [1.807, 2.05) is 11.8 Å². The van der Waals surface area contributed by atoms with E-state index < -0.39 is 29.3 Å². The maximum Gasteiger partial charge on any atom is 0.433 e. The molecular formula is C19H20F3N7O2. The van der Waals surface area contributed by atoms with Crippen LogP contribution in [0.3, 0.4) is 0 Å². The molecule has 0 radical (unpaired) electrons. The van der Waals surface area contributed by atoms with Crippen LogP contribution in [-0.2, 0) is 12.7 Å². The molecule has 0 spiro atoms. The van der Waals surface area contributed by atoms with E-state index in [1.54, 1.807) is 17.1 Å². The van der Waals surface area contributed by atoms with Crippen LogP contribution in [-0.4, -0.2) is 31.3 Å². The summed E-state index contributed by atoms with van der Waals surface area (Å²) in [6.07, 6.45) is 1.40. The zero-order valence-corrected chi connectivity index (χ0v) is 16.5. The molecule has 1 aliphatic heterocycles. The van der Waals surface area contributed by atoms with Gasteiger partial charge >= 0.3 is 11.9 Å². The summed E-state index contributed by atoms with van der Waals surface area (Å²) in [4.78, 5) is 34.2. The van der Waals surface area contributed by atoms with Gasteiger partial charge in [0.1, 0.15) is 23.4 Å². The second-order valence-corrected chi connectivity index (χ2v) is 7.25. The molecule has 0 amide bonds. The molecule has 1 aliphatic rings. The summed E-state index contributed by atoms with van der Waals surface area (Å²) in [5.74, 6) is 0.423. The number of unbranched alkanes of at least 4 members (excludes halogenated alkanes) is 1. The Morgan fingerprint density at radius 3 is 2.65 bits per heavy atom. The van der Waals surface area contributed by atoms with Gasteiger partial charge in [0.2, 0.25) is 0 Å². The SMILES string of the molecule is CCCCN1c2[nH]c(=O)[nH]c(=O)c2NC1c1cnn(Cc2ccc(C(F)(F)F)nc2)c1. The predicted molar refractivity (Wildman–Crippen MR) is 107 cm³/mol. The number of anilines is 2. The van der Waals surface area contributed by atoms with Gasteiger partial charge in [-0.2, -0.15) is 18.3 Å². The van der Waals surface area contributed by atoms with Gasteiger partial charge < -0.3 is 10.2 Å². The van der Waals surface area contributed by atoms with Gasteiger partial charge in [-0.05, 0) is 18.1 Å². The van der Waals surface area contributed by atoms with Crippen LogP contribution in [0.2, 0.25) is 0 Å². The smallest absolute Gasteiger partial charge is 0.354 e. The molecule has 0 aliphatic carbocycles. The van der Waals surface area contributed by atoms with Crippen molar-refractivity contribution in [2.75, 3.05) is 16.8 Å². The second kappa shape index (κ2) is 7.93. The molecule has 4 rings (SSSR count). The van der Waals surface area contributed by atoms with Crippen LogP contribution in [0.15, 0.2) is 40.3 Å². The van der Waals surface area contributed by atoms with Crippen LogP contribution < -0.4 is 21.5 Å². The Balaban J connectivity index is 1.57. The number of hydrogen-bond acceptors (Lipinski definition) is 6. The predicted octanol–water partition coefficient (Wildman–Crippen LogP) is 2.45. The van der Waals surface area contributed by atoms with E-state index in [2.05, 4.69) is 25.4 Å². The minimum atomic E-state index is -4.48. The summed E-state index contributed by atoms with van der Waals surface area (Å²) in [5.41, 5.74) is -0.456. The number of H-pyrrole nitrogens is 2. The molecule has 0 saturated heterocycles. The van der Waals surface area contributed by atoms with Crippen LogP contribution >= 0.6 is 0 Å². The Bertz CT molecular complexity index is 1180. The Kier molecular flexibility index (Phi) is 5.29.